The van der Waals surface area contributed by atoms with Gasteiger partial charge < -0.3 is 15.4 Å². The zero-order chi connectivity index (χ0) is 17.2. The molecule has 0 aromatic carbocycles. The number of amides is 2. The van der Waals surface area contributed by atoms with Gasteiger partial charge >= 0.3 is 6.09 Å². The van der Waals surface area contributed by atoms with Crippen LogP contribution in [0.3, 0.4) is 0 Å². The van der Waals surface area contributed by atoms with Crippen LogP contribution in [0.5, 0.6) is 0 Å². The number of rotatable bonds is 6. The first-order valence-electron chi connectivity index (χ1n) is 9.38. The average Bonchev–Trinajstić information content (AvgIpc) is 2.50. The Kier molecular flexibility index (Phi) is 5.16. The van der Waals surface area contributed by atoms with Crippen molar-refractivity contribution < 1.29 is 14.3 Å². The Hall–Kier alpha value is -1.52. The van der Waals surface area contributed by atoms with Gasteiger partial charge in [-0.3, -0.25) is 4.79 Å². The maximum absolute atomic E-state index is 12.2. The average molecular weight is 334 g/mol. The van der Waals surface area contributed by atoms with E-state index in [1.54, 1.807) is 13.0 Å². The first-order valence-corrected chi connectivity index (χ1v) is 9.38. The first-order chi connectivity index (χ1) is 11.5. The third kappa shape index (κ3) is 3.76. The van der Waals surface area contributed by atoms with Crippen LogP contribution in [0.4, 0.5) is 4.79 Å². The Morgan fingerprint density at radius 2 is 1.58 bits per heavy atom. The van der Waals surface area contributed by atoms with Crippen molar-refractivity contribution in [2.75, 3.05) is 19.7 Å². The lowest BCUT2D eigenvalue weighted by Gasteiger charge is -2.57. The van der Waals surface area contributed by atoms with Crippen LogP contribution in [0.15, 0.2) is 11.6 Å². The molecule has 4 bridgehead atoms. The molecule has 2 N–H and O–H groups in total. The molecule has 4 fully saturated rings. The monoisotopic (exact) mass is 334 g/mol. The Labute approximate surface area is 144 Å². The molecule has 0 aliphatic heterocycles. The number of nitrogens with one attached hydrogen (secondary N) is 2. The van der Waals surface area contributed by atoms with E-state index in [-0.39, 0.29) is 11.3 Å². The molecule has 0 saturated heterocycles. The van der Waals surface area contributed by atoms with Gasteiger partial charge in [0.05, 0.1) is 6.61 Å². The summed E-state index contributed by atoms with van der Waals surface area (Å²) in [6.07, 6.45) is 9.44. The number of allylic oxidation sites excluding steroid dienone is 1. The quantitative estimate of drug-likeness (QED) is 0.579. The van der Waals surface area contributed by atoms with Crippen molar-refractivity contribution in [3.05, 3.63) is 11.6 Å². The third-order valence-electron chi connectivity index (χ3n) is 6.19. The summed E-state index contributed by atoms with van der Waals surface area (Å²) in [7, 11) is 0. The van der Waals surface area contributed by atoms with Crippen LogP contribution in [0.25, 0.3) is 0 Å². The molecule has 0 unspecified atom stereocenters. The van der Waals surface area contributed by atoms with Crippen molar-refractivity contribution in [1.29, 1.82) is 0 Å². The molecule has 24 heavy (non-hydrogen) atoms. The fourth-order valence-electron chi connectivity index (χ4n) is 5.53. The molecule has 0 heterocycles. The van der Waals surface area contributed by atoms with E-state index in [0.29, 0.717) is 19.7 Å². The van der Waals surface area contributed by atoms with Gasteiger partial charge in [-0.15, -0.1) is 0 Å². The largest absolute Gasteiger partial charge is 0.450 e. The Balaban J connectivity index is 1.49. The molecule has 134 valence electrons. The van der Waals surface area contributed by atoms with Crippen molar-refractivity contribution in [2.45, 2.75) is 52.4 Å². The maximum Gasteiger partial charge on any atom is 0.407 e. The first kappa shape index (κ1) is 17.3. The van der Waals surface area contributed by atoms with E-state index in [0.717, 1.165) is 17.8 Å². The van der Waals surface area contributed by atoms with Gasteiger partial charge in [0.1, 0.15) is 0 Å². The van der Waals surface area contributed by atoms with Gasteiger partial charge in [-0.25, -0.2) is 4.79 Å². The lowest BCUT2D eigenvalue weighted by Crippen LogP contribution is -2.46. The predicted octanol–water partition coefficient (Wildman–Crippen LogP) is 3.01. The molecule has 2 amide bonds. The van der Waals surface area contributed by atoms with Gasteiger partial charge in [0.2, 0.25) is 5.91 Å². The molecule has 4 rings (SSSR count). The molecule has 0 atom stereocenters. The highest BCUT2D eigenvalue weighted by Gasteiger charge is 2.51. The van der Waals surface area contributed by atoms with Gasteiger partial charge in [0.25, 0.3) is 0 Å². The van der Waals surface area contributed by atoms with Crippen LogP contribution in [0, 0.1) is 23.2 Å². The van der Waals surface area contributed by atoms with Crippen LogP contribution < -0.4 is 10.6 Å². The molecule has 4 aliphatic carbocycles. The molecular weight excluding hydrogens is 304 g/mol. The minimum Gasteiger partial charge on any atom is -0.450 e. The zero-order valence-corrected chi connectivity index (χ0v) is 14.9. The van der Waals surface area contributed by atoms with Crippen molar-refractivity contribution in [1.82, 2.24) is 10.6 Å². The molecule has 0 spiro atoms. The van der Waals surface area contributed by atoms with Crippen LogP contribution in [-0.2, 0) is 9.53 Å². The summed E-state index contributed by atoms with van der Waals surface area (Å²) in [5.74, 6) is 2.61. The number of carbonyl (C=O) groups excluding carboxylic acids is 2. The third-order valence-corrected chi connectivity index (χ3v) is 6.19. The molecule has 0 aromatic rings. The van der Waals surface area contributed by atoms with Gasteiger partial charge in [0, 0.05) is 19.2 Å². The van der Waals surface area contributed by atoms with E-state index < -0.39 is 6.09 Å². The topological polar surface area (TPSA) is 67.4 Å². The number of hydrogen-bond acceptors (Lipinski definition) is 3. The fourth-order valence-corrected chi connectivity index (χ4v) is 5.53. The van der Waals surface area contributed by atoms with E-state index in [1.807, 2.05) is 0 Å². The molecule has 5 heteroatoms. The van der Waals surface area contributed by atoms with E-state index in [9.17, 15) is 9.59 Å². The molecular formula is C19H30N2O3. The Morgan fingerprint density at radius 3 is 2.12 bits per heavy atom. The van der Waals surface area contributed by atoms with Crippen LogP contribution in [0.1, 0.15) is 52.4 Å². The lowest BCUT2D eigenvalue weighted by atomic mass is 9.48. The number of carbonyl (C=O) groups is 2. The maximum atomic E-state index is 12.2. The summed E-state index contributed by atoms with van der Waals surface area (Å²) in [5.41, 5.74) is 1.55. The minimum absolute atomic E-state index is 0.0473. The van der Waals surface area contributed by atoms with Gasteiger partial charge in [-0.2, -0.15) is 0 Å². The van der Waals surface area contributed by atoms with Crippen molar-refractivity contribution in [2.24, 2.45) is 23.2 Å². The van der Waals surface area contributed by atoms with Crippen molar-refractivity contribution >= 4 is 12.0 Å². The minimum atomic E-state index is -0.438. The highest BCUT2D eigenvalue weighted by atomic mass is 16.5. The Bertz CT molecular complexity index is 491. The van der Waals surface area contributed by atoms with E-state index in [4.69, 9.17) is 4.74 Å². The van der Waals surface area contributed by atoms with Crippen LogP contribution in [-0.4, -0.2) is 31.7 Å². The highest BCUT2D eigenvalue weighted by molar-refractivity contribution is 5.88. The second-order valence-electron chi connectivity index (χ2n) is 7.96. The number of alkyl carbamates (subject to hydrolysis) is 1. The summed E-state index contributed by atoms with van der Waals surface area (Å²) < 4.78 is 4.78. The van der Waals surface area contributed by atoms with E-state index in [1.165, 1.54) is 44.1 Å². The fraction of sp³-hybridized carbons (Fsp3) is 0.789. The van der Waals surface area contributed by atoms with E-state index >= 15 is 0 Å². The van der Waals surface area contributed by atoms with E-state index in [2.05, 4.69) is 17.6 Å². The van der Waals surface area contributed by atoms with Gasteiger partial charge in [0.15, 0.2) is 0 Å². The number of hydrogen-bond donors (Lipinski definition) is 2. The van der Waals surface area contributed by atoms with Gasteiger partial charge in [-0.05, 0) is 75.5 Å². The van der Waals surface area contributed by atoms with Crippen LogP contribution in [0.2, 0.25) is 0 Å². The summed E-state index contributed by atoms with van der Waals surface area (Å²) >= 11 is 0. The Morgan fingerprint density at radius 1 is 1.04 bits per heavy atom. The predicted molar refractivity (Wildman–Crippen MR) is 92.4 cm³/mol. The van der Waals surface area contributed by atoms with Gasteiger partial charge in [-0.1, -0.05) is 5.57 Å². The number of ether oxygens (including phenoxy) is 1. The van der Waals surface area contributed by atoms with Crippen molar-refractivity contribution in [3.8, 4) is 0 Å². The standard InChI is InChI=1S/C19H30N2O3/c1-3-24-18(23)21-5-4-20-17(22)6-13(2)19-10-14-7-15(11-19)9-16(8-14)12-19/h6,14-16H,3-5,7-12H2,1-2H3,(H,20,22)(H,21,23)/b13-6-. The smallest absolute Gasteiger partial charge is 0.407 e. The normalized spacial score (nSPS) is 34.1. The van der Waals surface area contributed by atoms with Crippen LogP contribution >= 0.6 is 0 Å². The second kappa shape index (κ2) is 7.16. The zero-order valence-electron chi connectivity index (χ0n) is 14.9. The second-order valence-corrected chi connectivity index (χ2v) is 7.96. The summed E-state index contributed by atoms with van der Waals surface area (Å²) in [4.78, 5) is 23.4. The molecule has 4 saturated carbocycles. The summed E-state index contributed by atoms with van der Waals surface area (Å²) in [6, 6.07) is 0. The SMILES string of the molecule is CCOC(=O)NCCNC(=O)/C=C(/C)C12CC3CC(CC(C3)C1)C2. The highest BCUT2D eigenvalue weighted by Crippen LogP contribution is 2.62. The molecule has 4 aliphatic rings. The summed E-state index contributed by atoms with van der Waals surface area (Å²) in [5, 5.41) is 5.46. The lowest BCUT2D eigenvalue weighted by molar-refractivity contribution is -0.116. The molecule has 0 radical (unpaired) electrons. The summed E-state index contributed by atoms with van der Waals surface area (Å²) in [6.45, 7) is 5.06. The molecule has 0 aromatic heterocycles. The molecule has 5 nitrogen and oxygen atoms in total. The van der Waals surface area contributed by atoms with Crippen molar-refractivity contribution in [3.63, 3.8) is 0 Å².